The molecule has 90 valence electrons. The molecule has 0 aliphatic rings. The lowest BCUT2D eigenvalue weighted by Crippen LogP contribution is -2.29. The topological polar surface area (TPSA) is 84.3 Å². The first-order valence-corrected chi connectivity index (χ1v) is 4.88. The molecule has 1 aromatic rings. The van der Waals surface area contributed by atoms with Crippen LogP contribution in [0.1, 0.15) is 12.0 Å². The second-order valence-corrected chi connectivity index (χ2v) is 3.30. The molecule has 0 saturated carbocycles. The number of anilines is 1. The second-order valence-electron chi connectivity index (χ2n) is 3.30. The van der Waals surface area contributed by atoms with E-state index in [4.69, 9.17) is 16.3 Å². The molecule has 6 heteroatoms. The molecule has 0 aliphatic heterocycles. The minimum atomic E-state index is -1.03. The maximum Gasteiger partial charge on any atom is 0.327 e. The molecule has 0 saturated heterocycles. The lowest BCUT2D eigenvalue weighted by molar-refractivity contribution is -0.137. The van der Waals surface area contributed by atoms with Gasteiger partial charge in [-0.3, -0.25) is 0 Å². The van der Waals surface area contributed by atoms with Gasteiger partial charge in [-0.15, -0.1) is 12.3 Å². The average Bonchev–Trinajstić information content (AvgIpc) is 2.30. The minimum Gasteiger partial charge on any atom is -0.481 e. The fourth-order valence-corrected chi connectivity index (χ4v) is 1.27. The maximum atomic E-state index is 10.9. The van der Waals surface area contributed by atoms with Crippen molar-refractivity contribution in [1.29, 1.82) is 0 Å². The number of carboxylic acid groups (broad SMARTS) is 1. The van der Waals surface area contributed by atoms with Gasteiger partial charge in [0.05, 0.1) is 12.7 Å². The summed E-state index contributed by atoms with van der Waals surface area (Å²) in [4.78, 5) is 18.8. The number of aromatic nitrogens is 2. The Morgan fingerprint density at radius 2 is 2.41 bits per heavy atom. The van der Waals surface area contributed by atoms with Crippen LogP contribution in [-0.2, 0) is 4.79 Å². The van der Waals surface area contributed by atoms with E-state index in [1.165, 1.54) is 13.4 Å². The van der Waals surface area contributed by atoms with Crippen molar-refractivity contribution in [1.82, 2.24) is 9.97 Å². The van der Waals surface area contributed by atoms with Gasteiger partial charge < -0.3 is 15.2 Å². The Morgan fingerprint density at radius 1 is 1.71 bits per heavy atom. The van der Waals surface area contributed by atoms with Crippen LogP contribution in [0.5, 0.6) is 5.88 Å². The zero-order valence-electron chi connectivity index (χ0n) is 9.60. The molecule has 0 aliphatic carbocycles. The molecular weight excluding hydrogens is 222 g/mol. The molecule has 1 rings (SSSR count). The van der Waals surface area contributed by atoms with Crippen molar-refractivity contribution in [2.45, 2.75) is 19.4 Å². The molecule has 0 amide bonds. The third-order valence-corrected chi connectivity index (χ3v) is 2.16. The van der Waals surface area contributed by atoms with E-state index < -0.39 is 12.0 Å². The fourth-order valence-electron chi connectivity index (χ4n) is 1.27. The summed E-state index contributed by atoms with van der Waals surface area (Å²) in [6, 6.07) is -0.877. The summed E-state index contributed by atoms with van der Waals surface area (Å²) in [5.74, 6) is 2.07. The molecule has 1 atom stereocenters. The molecular formula is C11H13N3O3. The van der Waals surface area contributed by atoms with Crippen molar-refractivity contribution in [3.63, 3.8) is 0 Å². The van der Waals surface area contributed by atoms with Gasteiger partial charge in [0, 0.05) is 6.42 Å². The number of hydrogen-bond donors (Lipinski definition) is 2. The predicted molar refractivity (Wildman–Crippen MR) is 61.8 cm³/mol. The molecule has 0 bridgehead atoms. The van der Waals surface area contributed by atoms with Crippen molar-refractivity contribution in [2.24, 2.45) is 0 Å². The first-order valence-electron chi connectivity index (χ1n) is 4.88. The largest absolute Gasteiger partial charge is 0.481 e. The highest BCUT2D eigenvalue weighted by Gasteiger charge is 2.18. The number of hydrogen-bond acceptors (Lipinski definition) is 5. The second kappa shape index (κ2) is 5.70. The van der Waals surface area contributed by atoms with E-state index >= 15 is 0 Å². The highest BCUT2D eigenvalue weighted by atomic mass is 16.5. The summed E-state index contributed by atoms with van der Waals surface area (Å²) < 4.78 is 5.01. The van der Waals surface area contributed by atoms with E-state index in [2.05, 4.69) is 21.2 Å². The van der Waals surface area contributed by atoms with Gasteiger partial charge in [-0.05, 0) is 6.92 Å². The molecule has 0 spiro atoms. The molecule has 6 nitrogen and oxygen atoms in total. The molecule has 1 aromatic heterocycles. The van der Waals surface area contributed by atoms with Crippen molar-refractivity contribution in [2.75, 3.05) is 12.4 Å². The molecule has 17 heavy (non-hydrogen) atoms. The van der Waals surface area contributed by atoms with Crippen molar-refractivity contribution in [3.8, 4) is 18.2 Å². The monoisotopic (exact) mass is 235 g/mol. The molecule has 1 heterocycles. The first kappa shape index (κ1) is 12.8. The maximum absolute atomic E-state index is 10.9. The van der Waals surface area contributed by atoms with Crippen LogP contribution < -0.4 is 10.1 Å². The minimum absolute atomic E-state index is 0.0705. The van der Waals surface area contributed by atoms with Crippen LogP contribution in [-0.4, -0.2) is 34.2 Å². The lowest BCUT2D eigenvalue weighted by atomic mass is 10.2. The molecule has 0 radical (unpaired) electrons. The average molecular weight is 235 g/mol. The van der Waals surface area contributed by atoms with E-state index in [0.29, 0.717) is 17.3 Å². The van der Waals surface area contributed by atoms with Crippen molar-refractivity contribution < 1.29 is 14.6 Å². The Bertz CT molecular complexity index is 454. The van der Waals surface area contributed by atoms with Crippen LogP contribution in [0.2, 0.25) is 0 Å². The van der Waals surface area contributed by atoms with Gasteiger partial charge in [0.1, 0.15) is 18.2 Å². The van der Waals surface area contributed by atoms with Crippen LogP contribution >= 0.6 is 0 Å². The van der Waals surface area contributed by atoms with Gasteiger partial charge in [-0.2, -0.15) is 0 Å². The summed E-state index contributed by atoms with van der Waals surface area (Å²) in [6.45, 7) is 1.73. The van der Waals surface area contributed by atoms with Gasteiger partial charge >= 0.3 is 5.97 Å². The Morgan fingerprint density at radius 3 is 2.94 bits per heavy atom. The standard InChI is InChI=1S/C11H13N3O3/c1-4-5-8(11(15)16)14-9-7(2)10(17-3)13-6-12-9/h1,6,8H,5H2,2-3H3,(H,15,16)(H,12,13,14). The highest BCUT2D eigenvalue weighted by molar-refractivity contribution is 5.77. The molecule has 2 N–H and O–H groups in total. The normalized spacial score (nSPS) is 11.4. The first-order chi connectivity index (χ1) is 8.10. The number of aliphatic carboxylic acids is 1. The summed E-state index contributed by atoms with van der Waals surface area (Å²) in [5.41, 5.74) is 0.637. The Labute approximate surface area is 99.0 Å². The number of carbonyl (C=O) groups is 1. The van der Waals surface area contributed by atoms with E-state index in [0.717, 1.165) is 0 Å². The van der Waals surface area contributed by atoms with Crippen molar-refractivity contribution >= 4 is 11.8 Å². The van der Waals surface area contributed by atoms with Crippen LogP contribution in [0.4, 0.5) is 5.82 Å². The highest BCUT2D eigenvalue weighted by Crippen LogP contribution is 2.20. The zero-order valence-corrected chi connectivity index (χ0v) is 9.60. The van der Waals surface area contributed by atoms with E-state index in [1.54, 1.807) is 6.92 Å². The number of nitrogens with zero attached hydrogens (tertiary/aromatic N) is 2. The molecule has 1 unspecified atom stereocenters. The van der Waals surface area contributed by atoms with Crippen LogP contribution in [0.3, 0.4) is 0 Å². The van der Waals surface area contributed by atoms with Gasteiger partial charge in [0.15, 0.2) is 0 Å². The molecule has 0 fully saturated rings. The number of nitrogens with one attached hydrogen (secondary N) is 1. The SMILES string of the molecule is C#CCC(Nc1ncnc(OC)c1C)C(=O)O. The number of ether oxygens (including phenoxy) is 1. The van der Waals surface area contributed by atoms with Crippen LogP contribution in [0.25, 0.3) is 0 Å². The Balaban J connectivity index is 2.94. The number of carboxylic acids is 1. The molecule has 0 aromatic carbocycles. The van der Waals surface area contributed by atoms with Gasteiger partial charge in [-0.1, -0.05) is 0 Å². The summed E-state index contributed by atoms with van der Waals surface area (Å²) in [7, 11) is 1.48. The quantitative estimate of drug-likeness (QED) is 0.730. The lowest BCUT2D eigenvalue weighted by Gasteiger charge is -2.14. The van der Waals surface area contributed by atoms with Crippen LogP contribution in [0, 0.1) is 19.3 Å². The Hall–Kier alpha value is -2.29. The number of terminal acetylenes is 1. The summed E-state index contributed by atoms with van der Waals surface area (Å²) in [5, 5.41) is 11.7. The number of rotatable bonds is 5. The van der Waals surface area contributed by atoms with Gasteiger partial charge in [0.2, 0.25) is 5.88 Å². The third-order valence-electron chi connectivity index (χ3n) is 2.16. The number of methoxy groups -OCH3 is 1. The third kappa shape index (κ3) is 3.08. The van der Waals surface area contributed by atoms with E-state index in [1.807, 2.05) is 0 Å². The van der Waals surface area contributed by atoms with E-state index in [9.17, 15) is 4.79 Å². The van der Waals surface area contributed by atoms with Gasteiger partial charge in [0.25, 0.3) is 0 Å². The predicted octanol–water partition coefficient (Wildman–Crippen LogP) is 0.682. The smallest absolute Gasteiger partial charge is 0.327 e. The van der Waals surface area contributed by atoms with Crippen molar-refractivity contribution in [3.05, 3.63) is 11.9 Å². The zero-order chi connectivity index (χ0) is 12.8. The van der Waals surface area contributed by atoms with E-state index in [-0.39, 0.29) is 6.42 Å². The fraction of sp³-hybridized carbons (Fsp3) is 0.364. The Kier molecular flexibility index (Phi) is 4.29. The van der Waals surface area contributed by atoms with Gasteiger partial charge in [-0.25, -0.2) is 14.8 Å². The summed E-state index contributed by atoms with van der Waals surface area (Å²) in [6.07, 6.45) is 6.47. The summed E-state index contributed by atoms with van der Waals surface area (Å²) >= 11 is 0. The van der Waals surface area contributed by atoms with Crippen LogP contribution in [0.15, 0.2) is 6.33 Å².